The molecule has 2 saturated heterocycles. The van der Waals surface area contributed by atoms with Crippen LogP contribution in [0.2, 0.25) is 0 Å². The number of imidazole rings is 1. The smallest absolute Gasteiger partial charge is 0.211 e. The fraction of sp³-hybridized carbons (Fsp3) is 0.571. The summed E-state index contributed by atoms with van der Waals surface area (Å²) in [4.78, 5) is 11.4. The van der Waals surface area contributed by atoms with Gasteiger partial charge in [0.25, 0.3) is 0 Å². The second-order valence-corrected chi connectivity index (χ2v) is 6.68. The van der Waals surface area contributed by atoms with Crippen LogP contribution in [0.4, 0.5) is 5.95 Å². The maximum Gasteiger partial charge on any atom is 0.211 e. The van der Waals surface area contributed by atoms with Gasteiger partial charge in [0.15, 0.2) is 5.65 Å². The van der Waals surface area contributed by atoms with Gasteiger partial charge in [-0.2, -0.15) is 0 Å². The Morgan fingerprint density at radius 1 is 1.20 bits per heavy atom. The third kappa shape index (κ3) is 1.93. The van der Waals surface area contributed by atoms with Gasteiger partial charge in [-0.15, -0.1) is 0 Å². The van der Waals surface area contributed by atoms with Gasteiger partial charge < -0.3 is 10.2 Å². The summed E-state index contributed by atoms with van der Waals surface area (Å²) in [5.74, 6) is 1.01. The van der Waals surface area contributed by atoms with Crippen molar-refractivity contribution in [1.29, 1.82) is 0 Å². The number of piperidine rings is 1. The second-order valence-electron chi connectivity index (χ2n) is 5.82. The standard InChI is InChI=1S/C14H18BrN5/c15-11-10-17-13(20-9-6-16-12(11)20)19-7-3-14(4-8-19)2-1-5-18-14/h6,9-10,18H,1-5,7-8H2. The second kappa shape index (κ2) is 4.70. The molecule has 2 aliphatic rings. The summed E-state index contributed by atoms with van der Waals surface area (Å²) in [7, 11) is 0. The van der Waals surface area contributed by atoms with Crippen LogP contribution in [0.25, 0.3) is 5.65 Å². The number of halogens is 1. The summed E-state index contributed by atoms with van der Waals surface area (Å²) in [5.41, 5.74) is 1.34. The summed E-state index contributed by atoms with van der Waals surface area (Å²) in [6, 6.07) is 0. The van der Waals surface area contributed by atoms with Crippen molar-refractivity contribution in [1.82, 2.24) is 19.7 Å². The molecule has 6 heteroatoms. The highest BCUT2D eigenvalue weighted by Crippen LogP contribution is 2.32. The Morgan fingerprint density at radius 3 is 2.80 bits per heavy atom. The zero-order valence-electron chi connectivity index (χ0n) is 11.3. The van der Waals surface area contributed by atoms with Crippen molar-refractivity contribution in [2.75, 3.05) is 24.5 Å². The van der Waals surface area contributed by atoms with Gasteiger partial charge >= 0.3 is 0 Å². The highest BCUT2D eigenvalue weighted by Gasteiger charge is 2.37. The first-order chi connectivity index (χ1) is 9.77. The van der Waals surface area contributed by atoms with E-state index >= 15 is 0 Å². The van der Waals surface area contributed by atoms with Gasteiger partial charge in [0.05, 0.1) is 4.47 Å². The minimum Gasteiger partial charge on any atom is -0.342 e. The quantitative estimate of drug-likeness (QED) is 0.867. The van der Waals surface area contributed by atoms with Crippen LogP contribution in [0.1, 0.15) is 25.7 Å². The molecule has 0 bridgehead atoms. The topological polar surface area (TPSA) is 45.5 Å². The van der Waals surface area contributed by atoms with Gasteiger partial charge in [-0.05, 0) is 48.2 Å². The lowest BCUT2D eigenvalue weighted by molar-refractivity contribution is 0.295. The Hall–Kier alpha value is -1.14. The fourth-order valence-electron chi connectivity index (χ4n) is 3.54. The first-order valence-corrected chi connectivity index (χ1v) is 8.04. The van der Waals surface area contributed by atoms with E-state index in [1.807, 2.05) is 18.6 Å². The van der Waals surface area contributed by atoms with E-state index in [1.165, 1.54) is 32.2 Å². The van der Waals surface area contributed by atoms with E-state index < -0.39 is 0 Å². The lowest BCUT2D eigenvalue weighted by Crippen LogP contribution is -2.50. The van der Waals surface area contributed by atoms with Gasteiger partial charge in [-0.1, -0.05) is 0 Å². The fourth-order valence-corrected chi connectivity index (χ4v) is 3.94. The Bertz CT molecular complexity index is 622. The molecular weight excluding hydrogens is 318 g/mol. The number of hydrogen-bond acceptors (Lipinski definition) is 4. The molecule has 0 aliphatic carbocycles. The van der Waals surface area contributed by atoms with Crippen LogP contribution in [0.15, 0.2) is 23.1 Å². The number of hydrogen-bond donors (Lipinski definition) is 1. The van der Waals surface area contributed by atoms with Crippen LogP contribution in [0.3, 0.4) is 0 Å². The molecule has 0 radical (unpaired) electrons. The van der Waals surface area contributed by atoms with Gasteiger partial charge in [-0.25, -0.2) is 9.97 Å². The summed E-state index contributed by atoms with van der Waals surface area (Å²) < 4.78 is 3.02. The molecule has 2 aromatic heterocycles. The van der Waals surface area contributed by atoms with Crippen molar-refractivity contribution in [3.05, 3.63) is 23.1 Å². The maximum absolute atomic E-state index is 4.60. The number of fused-ring (bicyclic) bond motifs is 1. The Kier molecular flexibility index (Phi) is 2.96. The molecular formula is C14H18BrN5. The third-order valence-electron chi connectivity index (χ3n) is 4.70. The van der Waals surface area contributed by atoms with Gasteiger partial charge in [0, 0.05) is 37.2 Å². The number of anilines is 1. The number of rotatable bonds is 1. The molecule has 5 nitrogen and oxygen atoms in total. The SMILES string of the molecule is Brc1cnc(N2CCC3(CCCN3)CC2)n2ccnc12. The minimum atomic E-state index is 0.403. The molecule has 0 saturated carbocycles. The summed E-state index contributed by atoms with van der Waals surface area (Å²) in [5, 5.41) is 3.71. The Labute approximate surface area is 126 Å². The molecule has 20 heavy (non-hydrogen) atoms. The summed E-state index contributed by atoms with van der Waals surface area (Å²) >= 11 is 3.51. The van der Waals surface area contributed by atoms with Crippen LogP contribution in [-0.4, -0.2) is 39.5 Å². The largest absolute Gasteiger partial charge is 0.342 e. The number of aromatic nitrogens is 3. The Balaban J connectivity index is 1.61. The average molecular weight is 336 g/mol. The van der Waals surface area contributed by atoms with Crippen LogP contribution in [0.5, 0.6) is 0 Å². The number of nitrogens with zero attached hydrogens (tertiary/aromatic N) is 4. The summed E-state index contributed by atoms with van der Waals surface area (Å²) in [6.07, 6.45) is 10.7. The highest BCUT2D eigenvalue weighted by atomic mass is 79.9. The third-order valence-corrected chi connectivity index (χ3v) is 5.26. The van der Waals surface area contributed by atoms with Crippen LogP contribution in [0, 0.1) is 0 Å². The Morgan fingerprint density at radius 2 is 2.05 bits per heavy atom. The molecule has 0 amide bonds. The molecule has 0 atom stereocenters. The van der Waals surface area contributed by atoms with Crippen LogP contribution in [-0.2, 0) is 0 Å². The lowest BCUT2D eigenvalue weighted by atomic mass is 9.86. The van der Waals surface area contributed by atoms with Crippen molar-refractivity contribution in [2.24, 2.45) is 0 Å². The van der Waals surface area contributed by atoms with E-state index in [0.29, 0.717) is 5.54 Å². The predicted octanol–water partition coefficient (Wildman–Crippen LogP) is 2.21. The molecule has 2 fully saturated rings. The highest BCUT2D eigenvalue weighted by molar-refractivity contribution is 9.10. The minimum absolute atomic E-state index is 0.403. The van der Waals surface area contributed by atoms with Gasteiger partial charge in [-0.3, -0.25) is 4.40 Å². The maximum atomic E-state index is 4.60. The van der Waals surface area contributed by atoms with Crippen molar-refractivity contribution < 1.29 is 0 Å². The van der Waals surface area contributed by atoms with Crippen LogP contribution >= 0.6 is 15.9 Å². The lowest BCUT2D eigenvalue weighted by Gasteiger charge is -2.40. The van der Waals surface area contributed by atoms with Gasteiger partial charge in [0.1, 0.15) is 0 Å². The molecule has 1 N–H and O–H groups in total. The average Bonchev–Trinajstić information content (AvgIpc) is 3.11. The van der Waals surface area contributed by atoms with E-state index in [1.54, 1.807) is 0 Å². The summed E-state index contributed by atoms with van der Waals surface area (Å²) in [6.45, 7) is 3.31. The molecule has 2 aromatic rings. The molecule has 2 aliphatic heterocycles. The van der Waals surface area contributed by atoms with E-state index in [9.17, 15) is 0 Å². The normalized spacial score (nSPS) is 21.9. The zero-order chi connectivity index (χ0) is 13.6. The molecule has 0 aromatic carbocycles. The zero-order valence-corrected chi connectivity index (χ0v) is 12.9. The first kappa shape index (κ1) is 12.6. The van der Waals surface area contributed by atoms with Crippen molar-refractivity contribution >= 4 is 27.5 Å². The predicted molar refractivity (Wildman–Crippen MR) is 82.1 cm³/mol. The van der Waals surface area contributed by atoms with E-state index in [2.05, 4.69) is 40.5 Å². The molecule has 4 rings (SSSR count). The van der Waals surface area contributed by atoms with Crippen molar-refractivity contribution in [3.8, 4) is 0 Å². The van der Waals surface area contributed by atoms with Crippen molar-refractivity contribution in [2.45, 2.75) is 31.2 Å². The molecule has 106 valence electrons. The number of nitrogens with one attached hydrogen (secondary N) is 1. The van der Waals surface area contributed by atoms with Gasteiger partial charge in [0.2, 0.25) is 5.95 Å². The molecule has 4 heterocycles. The molecule has 1 spiro atoms. The monoisotopic (exact) mass is 335 g/mol. The van der Waals surface area contributed by atoms with E-state index in [0.717, 1.165) is 29.2 Å². The van der Waals surface area contributed by atoms with E-state index in [-0.39, 0.29) is 0 Å². The molecule has 0 unspecified atom stereocenters. The van der Waals surface area contributed by atoms with Crippen molar-refractivity contribution in [3.63, 3.8) is 0 Å². The van der Waals surface area contributed by atoms with E-state index in [4.69, 9.17) is 0 Å². The first-order valence-electron chi connectivity index (χ1n) is 7.25. The van der Waals surface area contributed by atoms with Crippen LogP contribution < -0.4 is 10.2 Å².